The van der Waals surface area contributed by atoms with Gasteiger partial charge in [0.15, 0.2) is 0 Å². The van der Waals surface area contributed by atoms with E-state index in [2.05, 4.69) is 5.32 Å². The molecule has 4 nitrogen and oxygen atoms in total. The van der Waals surface area contributed by atoms with Gasteiger partial charge in [0.1, 0.15) is 17.6 Å². The maximum absolute atomic E-state index is 13.5. The number of carbonyl (C=O) groups excluding carboxylic acids is 1. The van der Waals surface area contributed by atoms with Crippen LogP contribution < -0.4 is 5.32 Å². The number of nitrogens with one attached hydrogen (secondary N) is 1. The van der Waals surface area contributed by atoms with Gasteiger partial charge in [0, 0.05) is 6.54 Å². The third-order valence-corrected chi connectivity index (χ3v) is 3.53. The molecule has 0 saturated carbocycles. The van der Waals surface area contributed by atoms with Crippen molar-refractivity contribution in [3.8, 4) is 5.75 Å². The third-order valence-electron chi connectivity index (χ3n) is 3.22. The summed E-state index contributed by atoms with van der Waals surface area (Å²) in [5.41, 5.74) is 1.21. The van der Waals surface area contributed by atoms with Crippen LogP contribution in [0.2, 0.25) is 5.02 Å². The first-order chi connectivity index (χ1) is 11.0. The van der Waals surface area contributed by atoms with Crippen molar-refractivity contribution in [1.29, 1.82) is 0 Å². The van der Waals surface area contributed by atoms with Gasteiger partial charge in [0.2, 0.25) is 0 Å². The molecule has 0 saturated heterocycles. The van der Waals surface area contributed by atoms with Gasteiger partial charge in [-0.15, -0.1) is 0 Å². The molecule has 0 aliphatic heterocycles. The highest BCUT2D eigenvalue weighted by Gasteiger charge is 2.22. The molecule has 0 amide bonds. The second-order valence-electron chi connectivity index (χ2n) is 4.91. The number of hydrogen-bond donors (Lipinski definition) is 2. The van der Waals surface area contributed by atoms with Gasteiger partial charge in [-0.05, 0) is 42.3 Å². The van der Waals surface area contributed by atoms with Crippen molar-refractivity contribution in [1.82, 2.24) is 5.32 Å². The first-order valence-electron chi connectivity index (χ1n) is 7.14. The molecule has 0 aliphatic carbocycles. The lowest BCUT2D eigenvalue weighted by molar-refractivity contribution is -0.145. The normalized spacial score (nSPS) is 12.0. The summed E-state index contributed by atoms with van der Waals surface area (Å²) in [7, 11) is 0. The number of ether oxygens (including phenoxy) is 1. The number of phenolic OH excluding ortho intramolecular Hbond substituents is 1. The van der Waals surface area contributed by atoms with Gasteiger partial charge in [-0.3, -0.25) is 5.32 Å². The number of hydrogen-bond acceptors (Lipinski definition) is 4. The average molecular weight is 338 g/mol. The number of esters is 1. The van der Waals surface area contributed by atoms with E-state index in [1.807, 2.05) is 0 Å². The number of halogens is 2. The molecule has 1 atom stereocenters. The number of aromatic hydroxyl groups is 1. The summed E-state index contributed by atoms with van der Waals surface area (Å²) in [4.78, 5) is 12.1. The van der Waals surface area contributed by atoms with E-state index in [9.17, 15) is 14.3 Å². The predicted molar refractivity (Wildman–Crippen MR) is 85.7 cm³/mol. The van der Waals surface area contributed by atoms with Crippen LogP contribution in [-0.2, 0) is 16.1 Å². The maximum Gasteiger partial charge on any atom is 0.327 e. The van der Waals surface area contributed by atoms with Gasteiger partial charge in [0.05, 0.1) is 11.6 Å². The average Bonchev–Trinajstić information content (AvgIpc) is 2.51. The lowest BCUT2D eigenvalue weighted by Crippen LogP contribution is -2.30. The molecular formula is C17H17ClFNO3. The molecule has 2 aromatic carbocycles. The molecule has 0 unspecified atom stereocenters. The fraction of sp³-hybridized carbons (Fsp3) is 0.235. The van der Waals surface area contributed by atoms with Crippen molar-refractivity contribution in [2.45, 2.75) is 19.5 Å². The number of carbonyl (C=O) groups is 1. The van der Waals surface area contributed by atoms with Crippen molar-refractivity contribution >= 4 is 17.6 Å². The molecule has 2 aromatic rings. The summed E-state index contributed by atoms with van der Waals surface area (Å²) >= 11 is 5.65. The molecule has 2 N–H and O–H groups in total. The minimum absolute atomic E-state index is 0.0451. The highest BCUT2D eigenvalue weighted by molar-refractivity contribution is 6.30. The van der Waals surface area contributed by atoms with Gasteiger partial charge in [-0.2, -0.15) is 0 Å². The Kier molecular flexibility index (Phi) is 5.96. The minimum atomic E-state index is -0.763. The lowest BCUT2D eigenvalue weighted by atomic mass is 10.1. The quantitative estimate of drug-likeness (QED) is 0.791. The second-order valence-corrected chi connectivity index (χ2v) is 5.32. The molecule has 23 heavy (non-hydrogen) atoms. The standard InChI is InChI=1S/C17H17ClFNO3/c1-2-23-17(22)16(12-4-3-5-13(21)9-12)20-10-11-6-7-14(18)15(19)8-11/h3-9,16,20-21H,2,10H2,1H3/t16-/m1/s1. The van der Waals surface area contributed by atoms with Crippen LogP contribution in [0.1, 0.15) is 24.1 Å². The Hall–Kier alpha value is -2.11. The Bertz CT molecular complexity index is 693. The summed E-state index contributed by atoms with van der Waals surface area (Å²) < 4.78 is 18.5. The van der Waals surface area contributed by atoms with Crippen LogP contribution in [0.4, 0.5) is 4.39 Å². The van der Waals surface area contributed by atoms with Crippen molar-refractivity contribution in [2.75, 3.05) is 6.61 Å². The molecule has 0 radical (unpaired) electrons. The van der Waals surface area contributed by atoms with Crippen LogP contribution in [0, 0.1) is 5.82 Å². The summed E-state index contributed by atoms with van der Waals surface area (Å²) in [6, 6.07) is 10.0. The molecule has 0 aromatic heterocycles. The molecule has 2 rings (SSSR count). The lowest BCUT2D eigenvalue weighted by Gasteiger charge is -2.18. The van der Waals surface area contributed by atoms with Crippen LogP contribution in [0.3, 0.4) is 0 Å². The fourth-order valence-corrected chi connectivity index (χ4v) is 2.25. The third kappa shape index (κ3) is 4.68. The first kappa shape index (κ1) is 17.2. The maximum atomic E-state index is 13.5. The summed E-state index contributed by atoms with van der Waals surface area (Å²) in [6.45, 7) is 2.20. The minimum Gasteiger partial charge on any atom is -0.508 e. The van der Waals surface area contributed by atoms with Crippen LogP contribution in [0.25, 0.3) is 0 Å². The Morgan fingerprint density at radius 1 is 1.35 bits per heavy atom. The SMILES string of the molecule is CCOC(=O)[C@H](NCc1ccc(Cl)c(F)c1)c1cccc(O)c1. The Balaban J connectivity index is 2.17. The number of benzene rings is 2. The highest BCUT2D eigenvalue weighted by Crippen LogP contribution is 2.21. The smallest absolute Gasteiger partial charge is 0.327 e. The van der Waals surface area contributed by atoms with E-state index >= 15 is 0 Å². The van der Waals surface area contributed by atoms with E-state index in [4.69, 9.17) is 16.3 Å². The van der Waals surface area contributed by atoms with Crippen LogP contribution >= 0.6 is 11.6 Å². The Labute approximate surface area is 138 Å². The van der Waals surface area contributed by atoms with E-state index in [0.29, 0.717) is 11.1 Å². The van der Waals surface area contributed by atoms with E-state index in [1.165, 1.54) is 24.3 Å². The molecule has 6 heteroatoms. The number of rotatable bonds is 6. The van der Waals surface area contributed by atoms with Gasteiger partial charge < -0.3 is 9.84 Å². The summed E-state index contributed by atoms with van der Waals surface area (Å²) in [6.07, 6.45) is 0. The van der Waals surface area contributed by atoms with Gasteiger partial charge in [-0.25, -0.2) is 9.18 Å². The summed E-state index contributed by atoms with van der Waals surface area (Å²) in [5, 5.41) is 12.6. The molecule has 0 spiro atoms. The van der Waals surface area contributed by atoms with E-state index < -0.39 is 17.8 Å². The van der Waals surface area contributed by atoms with E-state index in [0.717, 1.165) is 0 Å². The van der Waals surface area contributed by atoms with E-state index in [-0.39, 0.29) is 23.9 Å². The van der Waals surface area contributed by atoms with Crippen LogP contribution in [-0.4, -0.2) is 17.7 Å². The highest BCUT2D eigenvalue weighted by atomic mass is 35.5. The fourth-order valence-electron chi connectivity index (χ4n) is 2.14. The number of phenols is 1. The van der Waals surface area contributed by atoms with Crippen molar-refractivity contribution < 1.29 is 19.0 Å². The molecule has 0 fully saturated rings. The van der Waals surface area contributed by atoms with Gasteiger partial charge >= 0.3 is 5.97 Å². The first-order valence-corrected chi connectivity index (χ1v) is 7.52. The van der Waals surface area contributed by atoms with Crippen molar-refractivity contribution in [3.05, 3.63) is 64.4 Å². The molecule has 122 valence electrons. The predicted octanol–water partition coefficient (Wildman–Crippen LogP) is 3.58. The molecule has 0 bridgehead atoms. The van der Waals surface area contributed by atoms with Crippen LogP contribution in [0.5, 0.6) is 5.75 Å². The molecule has 0 heterocycles. The van der Waals surface area contributed by atoms with E-state index in [1.54, 1.807) is 25.1 Å². The zero-order chi connectivity index (χ0) is 16.8. The van der Waals surface area contributed by atoms with Gasteiger partial charge in [0.25, 0.3) is 0 Å². The zero-order valence-electron chi connectivity index (χ0n) is 12.6. The topological polar surface area (TPSA) is 58.6 Å². The van der Waals surface area contributed by atoms with Crippen LogP contribution in [0.15, 0.2) is 42.5 Å². The van der Waals surface area contributed by atoms with Crippen molar-refractivity contribution in [3.63, 3.8) is 0 Å². The molecule has 0 aliphatic rings. The van der Waals surface area contributed by atoms with Crippen molar-refractivity contribution in [2.24, 2.45) is 0 Å². The Morgan fingerprint density at radius 3 is 2.78 bits per heavy atom. The second kappa shape index (κ2) is 7.94. The monoisotopic (exact) mass is 337 g/mol. The molecular weight excluding hydrogens is 321 g/mol. The van der Waals surface area contributed by atoms with Gasteiger partial charge in [-0.1, -0.05) is 29.8 Å². The zero-order valence-corrected chi connectivity index (χ0v) is 13.3. The largest absolute Gasteiger partial charge is 0.508 e. The summed E-state index contributed by atoms with van der Waals surface area (Å²) in [5.74, 6) is -0.931. The Morgan fingerprint density at radius 2 is 2.13 bits per heavy atom.